The number of nitrogens with one attached hydrogen (secondary N) is 3. The first kappa shape index (κ1) is 84.9. The van der Waals surface area contributed by atoms with Gasteiger partial charge in [-0.3, -0.25) is 39.4 Å². The summed E-state index contributed by atoms with van der Waals surface area (Å²) >= 11 is 0. The number of benzene rings is 3. The lowest BCUT2D eigenvalue weighted by Gasteiger charge is -2.43. The zero-order chi connectivity index (χ0) is 77.9. The van der Waals surface area contributed by atoms with Crippen LogP contribution in [-0.2, 0) is 72.5 Å². The SMILES string of the molecule is C=CCOC(=O)Nc1cc(OCCCCCOc2cc(NC(=O)OCc3ccc(O[C@@H]4O[C@H](C(=O)OC)[C@@H](OC(C)=O)[C@H](OC(C)=O)[C@H]4OC(C)=O)c(C(=O)NCCOC)c3)c(C(=O)N3C=C(C)CC3CO[Si](C)(C)C(C)(C)C)cc2OC)c(OC)cc1C(=O)N1C=C(C)CC1CO[Si](C)(C)C(C)(C)C. The first-order valence-corrected chi connectivity index (χ1v) is 40.5. The summed E-state index contributed by atoms with van der Waals surface area (Å²) in [5.74, 6) is -4.83. The number of anilines is 2. The van der Waals surface area contributed by atoms with Crippen molar-refractivity contribution in [2.75, 3.05) is 85.3 Å². The van der Waals surface area contributed by atoms with Gasteiger partial charge in [-0.15, -0.1) is 0 Å². The number of hydrogen-bond donors (Lipinski definition) is 3. The zero-order valence-electron chi connectivity index (χ0n) is 63.9. The molecule has 0 aliphatic carbocycles. The average Bonchev–Trinajstić information content (AvgIpc) is 1.39. The Bertz CT molecular complexity index is 3690. The summed E-state index contributed by atoms with van der Waals surface area (Å²) in [4.78, 5) is 125. The molecule has 0 bridgehead atoms. The Kier molecular flexibility index (Phi) is 30.6. The van der Waals surface area contributed by atoms with Crippen molar-refractivity contribution >= 4 is 81.8 Å². The van der Waals surface area contributed by atoms with Gasteiger partial charge in [0.25, 0.3) is 17.7 Å². The minimum absolute atomic E-state index is 0.00627. The Balaban J connectivity index is 1.24. The predicted molar refractivity (Wildman–Crippen MR) is 391 cm³/mol. The standard InChI is InChI=1S/C74H105N5O24Si2/c1-21-28-95-71(87)76-55-37-60(58(90-14)35-52(55)67(84)78-39-44(2)32-50(78)42-97-104(17,18)73(7,8)9)93-29-23-22-24-30-94-61-38-56(53(36-59(61)91-15)68(85)79-40-45(3)33-51(79)43-98-105(19,20)74(10,11)12)77-72(88)96-41-49-25-26-57(54(34-49)66(83)75-27-31-89-13)102-70-65(101-48(6)82)63(100-47(5)81)62(99-46(4)80)64(103-70)69(86)92-16/h21,25-26,34-40,50-51,62-65,70H,1,22-24,27-33,41-43H2,2-20H3,(H,75,83)(H,76,87)(H,77,88)/t50?,51?,62-,63-,64-,65+,70+/m0/s1. The minimum atomic E-state index is -2.29. The highest BCUT2D eigenvalue weighted by Gasteiger charge is 2.56. The summed E-state index contributed by atoms with van der Waals surface area (Å²) in [7, 11) is 0.871. The third-order valence-corrected chi connectivity index (χ3v) is 27.5. The van der Waals surface area contributed by atoms with E-state index in [1.165, 1.54) is 69.9 Å². The summed E-state index contributed by atoms with van der Waals surface area (Å²) in [6, 6.07) is 9.40. The van der Waals surface area contributed by atoms with Crippen molar-refractivity contribution in [2.45, 2.75) is 194 Å². The second-order valence-electron chi connectivity index (χ2n) is 28.7. The molecule has 1 saturated heterocycles. The van der Waals surface area contributed by atoms with Crippen LogP contribution in [0.1, 0.15) is 145 Å². The lowest BCUT2D eigenvalue weighted by atomic mass is 9.97. The highest BCUT2D eigenvalue weighted by Crippen LogP contribution is 2.42. The first-order valence-electron chi connectivity index (χ1n) is 34.6. The molecule has 578 valence electrons. The molecular weight excluding hydrogens is 1400 g/mol. The zero-order valence-corrected chi connectivity index (χ0v) is 65.9. The van der Waals surface area contributed by atoms with E-state index in [1.807, 2.05) is 13.8 Å². The molecule has 1 fully saturated rings. The van der Waals surface area contributed by atoms with Crippen LogP contribution in [0.5, 0.6) is 28.7 Å². The quantitative estimate of drug-likeness (QED) is 0.0164. The molecule has 3 aliphatic heterocycles. The molecule has 2 unspecified atom stereocenters. The van der Waals surface area contributed by atoms with Crippen LogP contribution >= 0.6 is 0 Å². The number of carbonyl (C=O) groups excluding carboxylic acids is 9. The molecule has 0 radical (unpaired) electrons. The van der Waals surface area contributed by atoms with E-state index < -0.39 is 108 Å². The number of esters is 4. The number of ether oxygens (including phenoxy) is 13. The predicted octanol–water partition coefficient (Wildman–Crippen LogP) is 11.5. The Morgan fingerprint density at radius 1 is 0.590 bits per heavy atom. The number of carbonyl (C=O) groups is 9. The van der Waals surface area contributed by atoms with Gasteiger partial charge in [-0.1, -0.05) is 71.4 Å². The van der Waals surface area contributed by atoms with E-state index in [2.05, 4.69) is 90.3 Å². The van der Waals surface area contributed by atoms with E-state index in [9.17, 15) is 38.4 Å². The molecule has 31 heteroatoms. The molecule has 105 heavy (non-hydrogen) atoms. The smallest absolute Gasteiger partial charge is 0.411 e. The van der Waals surface area contributed by atoms with Crippen LogP contribution in [0.15, 0.2) is 78.7 Å². The van der Waals surface area contributed by atoms with E-state index in [1.54, 1.807) is 22.2 Å². The molecule has 6 rings (SSSR count). The number of hydrogen-bond acceptors (Lipinski definition) is 24. The van der Waals surface area contributed by atoms with Gasteiger partial charge in [-0.25, -0.2) is 14.4 Å². The summed E-state index contributed by atoms with van der Waals surface area (Å²) in [5.41, 5.74) is 2.26. The van der Waals surface area contributed by atoms with Crippen molar-refractivity contribution in [1.82, 2.24) is 15.1 Å². The van der Waals surface area contributed by atoms with Crippen LogP contribution in [-0.4, -0.2) is 198 Å². The van der Waals surface area contributed by atoms with E-state index in [4.69, 9.17) is 70.4 Å². The van der Waals surface area contributed by atoms with Gasteiger partial charge < -0.3 is 85.5 Å². The van der Waals surface area contributed by atoms with Gasteiger partial charge in [0.1, 0.15) is 19.0 Å². The number of nitrogens with zero attached hydrogens (tertiary/aromatic N) is 2. The second kappa shape index (κ2) is 37.8. The van der Waals surface area contributed by atoms with Crippen molar-refractivity contribution < 1.29 is 114 Å². The van der Waals surface area contributed by atoms with Gasteiger partial charge in [0.05, 0.1) is 94.5 Å². The van der Waals surface area contributed by atoms with Crippen LogP contribution < -0.4 is 39.6 Å². The maximum Gasteiger partial charge on any atom is 0.411 e. The Hall–Kier alpha value is -9.02. The van der Waals surface area contributed by atoms with E-state index >= 15 is 4.79 Å². The van der Waals surface area contributed by atoms with Gasteiger partial charge in [0.2, 0.25) is 12.4 Å². The second-order valence-corrected chi connectivity index (χ2v) is 38.3. The lowest BCUT2D eigenvalue weighted by Crippen LogP contribution is -2.64. The number of rotatable bonds is 34. The van der Waals surface area contributed by atoms with E-state index in [0.717, 1.165) is 39.0 Å². The van der Waals surface area contributed by atoms with Gasteiger partial charge in [-0.2, -0.15) is 0 Å². The van der Waals surface area contributed by atoms with Crippen LogP contribution in [0, 0.1) is 0 Å². The fraction of sp³-hybridized carbons (Fsp3) is 0.554. The fourth-order valence-corrected chi connectivity index (χ4v) is 13.0. The molecule has 0 saturated carbocycles. The third-order valence-electron chi connectivity index (χ3n) is 18.5. The topological polar surface area (TPSA) is 335 Å². The largest absolute Gasteiger partial charge is 0.493 e. The van der Waals surface area contributed by atoms with Gasteiger partial charge >= 0.3 is 36.1 Å². The lowest BCUT2D eigenvalue weighted by molar-refractivity contribution is -0.282. The summed E-state index contributed by atoms with van der Waals surface area (Å²) in [5, 5.41) is 7.99. The molecule has 7 atom stereocenters. The maximum absolute atomic E-state index is 15.0. The normalized spacial score (nSPS) is 18.8. The first-order chi connectivity index (χ1) is 49.4. The minimum Gasteiger partial charge on any atom is -0.493 e. The van der Waals surface area contributed by atoms with Crippen LogP contribution in [0.2, 0.25) is 36.3 Å². The van der Waals surface area contributed by atoms with Crippen LogP contribution in [0.25, 0.3) is 0 Å². The van der Waals surface area contributed by atoms with Crippen molar-refractivity contribution in [3.63, 3.8) is 0 Å². The Morgan fingerprint density at radius 2 is 1.07 bits per heavy atom. The molecule has 3 aliphatic rings. The van der Waals surface area contributed by atoms with Gasteiger partial charge in [0.15, 0.2) is 57.9 Å². The summed E-state index contributed by atoms with van der Waals surface area (Å²) in [6.45, 7) is 32.5. The Labute approximate surface area is 616 Å². The summed E-state index contributed by atoms with van der Waals surface area (Å²) < 4.78 is 87.2. The average molecular weight is 1500 g/mol. The highest BCUT2D eigenvalue weighted by atomic mass is 28.4. The van der Waals surface area contributed by atoms with Gasteiger partial charge in [-0.05, 0) is 112 Å². The van der Waals surface area contributed by atoms with E-state index in [-0.39, 0.29) is 124 Å². The highest BCUT2D eigenvalue weighted by molar-refractivity contribution is 6.74. The monoisotopic (exact) mass is 1500 g/mol. The Morgan fingerprint density at radius 3 is 1.51 bits per heavy atom. The molecule has 29 nitrogen and oxygen atoms in total. The third kappa shape index (κ3) is 23.2. The van der Waals surface area contributed by atoms with Crippen LogP contribution in [0.3, 0.4) is 0 Å². The van der Waals surface area contributed by atoms with Crippen molar-refractivity contribution in [3.8, 4) is 28.7 Å². The van der Waals surface area contributed by atoms with Crippen molar-refractivity contribution in [2.24, 2.45) is 0 Å². The van der Waals surface area contributed by atoms with E-state index in [0.29, 0.717) is 38.7 Å². The molecule has 0 spiro atoms. The van der Waals surface area contributed by atoms with Crippen LogP contribution in [0.4, 0.5) is 21.0 Å². The molecule has 3 aromatic carbocycles. The molecule has 3 aromatic rings. The van der Waals surface area contributed by atoms with Gasteiger partial charge in [0, 0.05) is 59.0 Å². The molecule has 3 N–H and O–H groups in total. The molecule has 0 aromatic heterocycles. The van der Waals surface area contributed by atoms with Crippen molar-refractivity contribution in [1.29, 1.82) is 0 Å². The number of methoxy groups -OCH3 is 4. The molecule has 3 heterocycles. The van der Waals surface area contributed by atoms with Crippen molar-refractivity contribution in [3.05, 3.63) is 101 Å². The molecule has 5 amide bonds. The molecular formula is C74H105N5O24Si2. The fourth-order valence-electron chi connectivity index (χ4n) is 10.9. The summed E-state index contributed by atoms with van der Waals surface area (Å²) in [6.07, 6.45) is -2.91. The number of amides is 5. The maximum atomic E-state index is 15.0. The number of unbranched alkanes of at least 4 members (excludes halogenated alkanes) is 2.